The molecule has 0 spiro atoms. The first-order chi connectivity index (χ1) is 16.2. The first kappa shape index (κ1) is 23.7. The highest BCUT2D eigenvalue weighted by molar-refractivity contribution is 9.10. The zero-order valence-corrected chi connectivity index (χ0v) is 22.4. The number of aliphatic hydroxyl groups excluding tert-OH is 1. The van der Waals surface area contributed by atoms with Gasteiger partial charge in [-0.1, -0.05) is 31.9 Å². The zero-order valence-electron chi connectivity index (χ0n) is 19.2. The van der Waals surface area contributed by atoms with Crippen molar-refractivity contribution in [2.24, 2.45) is 0 Å². The van der Waals surface area contributed by atoms with E-state index in [9.17, 15) is 20.1 Å². The van der Waals surface area contributed by atoms with Crippen LogP contribution in [0.25, 0.3) is 0 Å². The van der Waals surface area contributed by atoms with E-state index >= 15 is 0 Å². The van der Waals surface area contributed by atoms with Gasteiger partial charge < -0.3 is 29.7 Å². The van der Waals surface area contributed by atoms with Crippen LogP contribution in [-0.2, 0) is 17.6 Å². The Morgan fingerprint density at radius 1 is 0.971 bits per heavy atom. The summed E-state index contributed by atoms with van der Waals surface area (Å²) >= 11 is 7.33. The Morgan fingerprint density at radius 2 is 1.50 bits per heavy atom. The van der Waals surface area contributed by atoms with E-state index < -0.39 is 24.2 Å². The van der Waals surface area contributed by atoms with Gasteiger partial charge in [0.15, 0.2) is 23.0 Å². The van der Waals surface area contributed by atoms with Gasteiger partial charge in [-0.15, -0.1) is 0 Å². The predicted octanol–water partition coefficient (Wildman–Crippen LogP) is 3.31. The lowest BCUT2D eigenvalue weighted by Crippen LogP contribution is -2.66. The lowest BCUT2D eigenvalue weighted by atomic mass is 9.75. The zero-order chi connectivity index (χ0) is 24.6. The minimum atomic E-state index is -0.751. The summed E-state index contributed by atoms with van der Waals surface area (Å²) in [6.07, 6.45) is 0.790. The average molecular weight is 598 g/mol. The van der Waals surface area contributed by atoms with Crippen LogP contribution >= 0.6 is 31.9 Å². The van der Waals surface area contributed by atoms with E-state index in [4.69, 9.17) is 9.47 Å². The molecule has 182 valence electrons. The number of amides is 1. The van der Waals surface area contributed by atoms with Crippen molar-refractivity contribution in [2.45, 2.75) is 50.9 Å². The minimum absolute atomic E-state index is 0.0580. The number of fused-ring (bicyclic) bond motifs is 7. The highest BCUT2D eigenvalue weighted by Crippen LogP contribution is 2.54. The molecule has 4 N–H and O–H groups in total. The molecule has 1 amide bonds. The number of carbonyl (C=O) groups is 1. The summed E-state index contributed by atoms with van der Waals surface area (Å²) in [6, 6.07) is -2.07. The van der Waals surface area contributed by atoms with Crippen molar-refractivity contribution in [1.82, 2.24) is 10.2 Å². The van der Waals surface area contributed by atoms with Crippen LogP contribution in [0.1, 0.15) is 45.5 Å². The molecule has 4 atom stereocenters. The number of methoxy groups -OCH3 is 2. The van der Waals surface area contributed by atoms with Crippen molar-refractivity contribution in [2.75, 3.05) is 20.8 Å². The van der Waals surface area contributed by atoms with E-state index in [1.54, 1.807) is 4.90 Å². The molecule has 2 aromatic carbocycles. The second kappa shape index (κ2) is 8.29. The molecule has 0 unspecified atom stereocenters. The third kappa shape index (κ3) is 2.98. The molecular weight excluding hydrogens is 572 g/mol. The van der Waals surface area contributed by atoms with Gasteiger partial charge >= 0.3 is 0 Å². The van der Waals surface area contributed by atoms with E-state index in [2.05, 4.69) is 37.2 Å². The van der Waals surface area contributed by atoms with Crippen molar-refractivity contribution < 1.29 is 29.6 Å². The largest absolute Gasteiger partial charge is 0.504 e. The summed E-state index contributed by atoms with van der Waals surface area (Å²) in [6.45, 7) is 3.35. The van der Waals surface area contributed by atoms with Crippen molar-refractivity contribution in [3.8, 4) is 23.0 Å². The maximum atomic E-state index is 13.7. The number of phenolic OH excluding ortho intramolecular Hbond substituents is 2. The summed E-state index contributed by atoms with van der Waals surface area (Å²) in [5, 5.41) is 36.2. The molecule has 0 radical (unpaired) electrons. The van der Waals surface area contributed by atoms with Crippen molar-refractivity contribution in [3.05, 3.63) is 42.3 Å². The fraction of sp³-hybridized carbons (Fsp3) is 0.458. The molecule has 2 aromatic rings. The Hall–Kier alpha value is -2.01. The summed E-state index contributed by atoms with van der Waals surface area (Å²) in [7, 11) is 3.00. The third-order valence-electron chi connectivity index (χ3n) is 7.52. The van der Waals surface area contributed by atoms with Gasteiger partial charge in [-0.2, -0.15) is 0 Å². The number of ether oxygens (including phenoxy) is 2. The van der Waals surface area contributed by atoms with Crippen LogP contribution in [0, 0.1) is 13.8 Å². The maximum absolute atomic E-state index is 13.7. The molecule has 0 saturated carbocycles. The van der Waals surface area contributed by atoms with E-state index in [1.165, 1.54) is 14.2 Å². The predicted molar refractivity (Wildman–Crippen MR) is 132 cm³/mol. The molecule has 10 heteroatoms. The Balaban J connectivity index is 1.75. The second-order valence-corrected chi connectivity index (χ2v) is 10.6. The molecule has 3 aliphatic rings. The minimum Gasteiger partial charge on any atom is -0.504 e. The Morgan fingerprint density at radius 3 is 2.03 bits per heavy atom. The quantitative estimate of drug-likeness (QED) is 0.429. The Labute approximate surface area is 214 Å². The number of hydrogen-bond donors (Lipinski definition) is 4. The average Bonchev–Trinajstić information content (AvgIpc) is 2.83. The molecule has 3 aliphatic heterocycles. The Kier molecular flexibility index (Phi) is 5.78. The molecule has 0 aromatic heterocycles. The smallest absolute Gasteiger partial charge is 0.240 e. The lowest BCUT2D eigenvalue weighted by molar-refractivity contribution is -0.147. The normalized spacial score (nSPS) is 24.9. The first-order valence-electron chi connectivity index (χ1n) is 11.0. The van der Waals surface area contributed by atoms with Crippen molar-refractivity contribution in [1.29, 1.82) is 0 Å². The molecule has 2 bridgehead atoms. The van der Waals surface area contributed by atoms with E-state index in [1.807, 2.05) is 13.8 Å². The number of phenols is 2. The van der Waals surface area contributed by atoms with Crippen LogP contribution in [0.15, 0.2) is 8.95 Å². The fourth-order valence-electron chi connectivity index (χ4n) is 6.02. The number of hydrogen-bond acceptors (Lipinski definition) is 7. The first-order valence-corrected chi connectivity index (χ1v) is 12.6. The molecule has 8 nitrogen and oxygen atoms in total. The summed E-state index contributed by atoms with van der Waals surface area (Å²) < 4.78 is 12.5. The van der Waals surface area contributed by atoms with Gasteiger partial charge in [0.25, 0.3) is 0 Å². The van der Waals surface area contributed by atoms with Crippen LogP contribution in [0.5, 0.6) is 23.0 Å². The highest BCUT2D eigenvalue weighted by Gasteiger charge is 2.53. The Bertz CT molecular complexity index is 1230. The number of halogens is 2. The topological polar surface area (TPSA) is 111 Å². The van der Waals surface area contributed by atoms with Crippen LogP contribution < -0.4 is 14.8 Å². The van der Waals surface area contributed by atoms with Crippen molar-refractivity contribution >= 4 is 37.8 Å². The number of nitrogens with zero attached hydrogens (tertiary/aromatic N) is 1. The molecule has 5 rings (SSSR count). The standard InChI is InChI=1S/C24H26Br2N2O6/c1-8-17(25)10-5-12-24(32)28-13(19(27-12)16(10)21(31)23(8)34-4)6-11-15(14(28)7-29)20(30)22(33-3)9(2)18(11)26/h12-14,19,27,29-31H,5-7H2,1-4H3/t12-,13-,14-,19-/m0/s1. The van der Waals surface area contributed by atoms with Gasteiger partial charge in [-0.25, -0.2) is 0 Å². The van der Waals surface area contributed by atoms with Crippen LogP contribution in [0.4, 0.5) is 0 Å². The van der Waals surface area contributed by atoms with Gasteiger partial charge in [-0.3, -0.25) is 10.1 Å². The second-order valence-electron chi connectivity index (χ2n) is 9.04. The SMILES string of the molecule is COc1c(C)c(Br)c2c(c1O)[C@H]1N[C@@H](C2)C(=O)N2[C@@H](CO)c3c(O)c(OC)c(C)c(Br)c3C[C@@H]12. The number of carbonyl (C=O) groups excluding carboxylic acids is 1. The van der Waals surface area contributed by atoms with Gasteiger partial charge in [0.2, 0.25) is 5.91 Å². The summed E-state index contributed by atoms with van der Waals surface area (Å²) in [5.41, 5.74) is 4.40. The highest BCUT2D eigenvalue weighted by atomic mass is 79.9. The third-order valence-corrected chi connectivity index (χ3v) is 9.67. The van der Waals surface area contributed by atoms with Gasteiger partial charge in [-0.05, 0) is 37.8 Å². The van der Waals surface area contributed by atoms with E-state index in [-0.39, 0.29) is 24.0 Å². The number of piperazine rings is 1. The van der Waals surface area contributed by atoms with E-state index in [0.717, 1.165) is 31.2 Å². The summed E-state index contributed by atoms with van der Waals surface area (Å²) in [4.78, 5) is 15.4. The maximum Gasteiger partial charge on any atom is 0.240 e. The molecule has 0 aliphatic carbocycles. The fourth-order valence-corrected chi connectivity index (χ4v) is 7.14. The number of aromatic hydroxyl groups is 2. The monoisotopic (exact) mass is 596 g/mol. The number of aliphatic hydroxyl groups is 1. The van der Waals surface area contributed by atoms with Crippen LogP contribution in [0.3, 0.4) is 0 Å². The van der Waals surface area contributed by atoms with E-state index in [0.29, 0.717) is 35.5 Å². The lowest BCUT2D eigenvalue weighted by Gasteiger charge is -2.54. The summed E-state index contributed by atoms with van der Waals surface area (Å²) in [5.74, 6) is 0.561. The molecule has 1 saturated heterocycles. The van der Waals surface area contributed by atoms with Crippen LogP contribution in [-0.4, -0.2) is 59.0 Å². The number of rotatable bonds is 3. The number of nitrogens with one attached hydrogen (secondary N) is 1. The molecule has 1 fully saturated rings. The van der Waals surface area contributed by atoms with Crippen molar-refractivity contribution in [3.63, 3.8) is 0 Å². The number of benzene rings is 2. The van der Waals surface area contributed by atoms with Crippen LogP contribution in [0.2, 0.25) is 0 Å². The van der Waals surface area contributed by atoms with Gasteiger partial charge in [0.1, 0.15) is 0 Å². The molecule has 34 heavy (non-hydrogen) atoms. The molecular formula is C24H26Br2N2O6. The van der Waals surface area contributed by atoms with Gasteiger partial charge in [0, 0.05) is 31.2 Å². The molecule has 3 heterocycles. The van der Waals surface area contributed by atoms with Gasteiger partial charge in [0.05, 0.1) is 45.0 Å².